The first-order valence-electron chi connectivity index (χ1n) is 6.33. The third kappa shape index (κ3) is 3.56. The van der Waals surface area contributed by atoms with Gasteiger partial charge in [0.2, 0.25) is 16.4 Å². The first-order valence-corrected chi connectivity index (χ1v) is 7.94. The molecule has 0 unspecified atom stereocenters. The molecule has 1 saturated heterocycles. The number of sulfonamides is 1. The Morgan fingerprint density at radius 1 is 1.19 bits per heavy atom. The van der Waals surface area contributed by atoms with Gasteiger partial charge in [0, 0.05) is 37.8 Å². The minimum atomic E-state index is -3.64. The van der Waals surface area contributed by atoms with Crippen molar-refractivity contribution in [3.05, 3.63) is 39.9 Å². The van der Waals surface area contributed by atoms with Crippen LogP contribution in [0.25, 0.3) is 0 Å². The second kappa shape index (κ2) is 6.19. The molecule has 9 heteroatoms. The summed E-state index contributed by atoms with van der Waals surface area (Å²) < 4.78 is 25.9. The van der Waals surface area contributed by atoms with Crippen LogP contribution in [0.15, 0.2) is 24.3 Å². The Labute approximate surface area is 122 Å². The number of nitro groups is 1. The largest absolute Gasteiger partial charge is 0.343 e. The van der Waals surface area contributed by atoms with Crippen molar-refractivity contribution in [2.24, 2.45) is 0 Å². The fourth-order valence-corrected chi connectivity index (χ4v) is 3.73. The molecular formula is C12H15N3O5S. The van der Waals surface area contributed by atoms with Crippen LogP contribution in [0.4, 0.5) is 5.69 Å². The fourth-order valence-electron chi connectivity index (χ4n) is 2.19. The van der Waals surface area contributed by atoms with Crippen molar-refractivity contribution in [1.29, 1.82) is 0 Å². The zero-order chi connectivity index (χ0) is 15.5. The molecule has 1 aromatic carbocycles. The smallest absolute Gasteiger partial charge is 0.273 e. The van der Waals surface area contributed by atoms with Crippen LogP contribution in [0.5, 0.6) is 0 Å². The predicted octanol–water partition coefficient (Wildman–Crippen LogP) is 0.199. The maximum Gasteiger partial charge on any atom is 0.273 e. The molecule has 1 fully saturated rings. The molecule has 2 rings (SSSR count). The standard InChI is InChI=1S/C12H15N3O5S/c16-10-13-5-7-14(8-6-13)21(19,20)9-11-3-1-2-4-12(11)15(17)18/h1-4,10H,5-9H2. The number of hydrogen-bond acceptors (Lipinski definition) is 5. The molecule has 1 aliphatic heterocycles. The normalized spacial score (nSPS) is 16.7. The van der Waals surface area contributed by atoms with Gasteiger partial charge in [0.15, 0.2) is 0 Å². The molecule has 0 bridgehead atoms. The maximum absolute atomic E-state index is 12.3. The van der Waals surface area contributed by atoms with Crippen molar-refractivity contribution < 1.29 is 18.1 Å². The Balaban J connectivity index is 2.15. The van der Waals surface area contributed by atoms with Crippen LogP contribution in [-0.4, -0.2) is 55.1 Å². The van der Waals surface area contributed by atoms with Gasteiger partial charge in [-0.15, -0.1) is 0 Å². The third-order valence-electron chi connectivity index (χ3n) is 3.34. The average molecular weight is 313 g/mol. The van der Waals surface area contributed by atoms with Gasteiger partial charge in [-0.25, -0.2) is 8.42 Å². The van der Waals surface area contributed by atoms with Gasteiger partial charge < -0.3 is 4.90 Å². The zero-order valence-corrected chi connectivity index (χ0v) is 12.0. The molecule has 1 aliphatic rings. The molecule has 0 radical (unpaired) electrons. The highest BCUT2D eigenvalue weighted by atomic mass is 32.2. The summed E-state index contributed by atoms with van der Waals surface area (Å²) in [6.07, 6.45) is 0.687. The van der Waals surface area contributed by atoms with Crippen molar-refractivity contribution in [2.45, 2.75) is 5.75 Å². The zero-order valence-electron chi connectivity index (χ0n) is 11.2. The molecule has 114 valence electrons. The molecule has 0 saturated carbocycles. The van der Waals surface area contributed by atoms with Crippen molar-refractivity contribution in [2.75, 3.05) is 26.2 Å². The van der Waals surface area contributed by atoms with Gasteiger partial charge in [-0.05, 0) is 0 Å². The van der Waals surface area contributed by atoms with Gasteiger partial charge in [0.1, 0.15) is 0 Å². The number of carbonyl (C=O) groups excluding carboxylic acids is 1. The lowest BCUT2D eigenvalue weighted by Crippen LogP contribution is -2.48. The minimum absolute atomic E-state index is 0.167. The van der Waals surface area contributed by atoms with Gasteiger partial charge in [-0.1, -0.05) is 18.2 Å². The summed E-state index contributed by atoms with van der Waals surface area (Å²) in [6, 6.07) is 5.80. The molecule has 0 spiro atoms. The Morgan fingerprint density at radius 3 is 2.38 bits per heavy atom. The van der Waals surface area contributed by atoms with E-state index in [4.69, 9.17) is 0 Å². The predicted molar refractivity (Wildman–Crippen MR) is 74.9 cm³/mol. The molecular weight excluding hydrogens is 298 g/mol. The summed E-state index contributed by atoms with van der Waals surface area (Å²) in [5.74, 6) is -0.411. The lowest BCUT2D eigenvalue weighted by molar-refractivity contribution is -0.385. The van der Waals surface area contributed by atoms with E-state index in [0.717, 1.165) is 0 Å². The number of nitrogens with zero attached hydrogens (tertiary/aromatic N) is 3. The monoisotopic (exact) mass is 313 g/mol. The molecule has 0 aliphatic carbocycles. The molecule has 0 N–H and O–H groups in total. The molecule has 1 heterocycles. The molecule has 1 amide bonds. The highest BCUT2D eigenvalue weighted by Gasteiger charge is 2.28. The molecule has 0 aromatic heterocycles. The van der Waals surface area contributed by atoms with Crippen LogP contribution < -0.4 is 0 Å². The second-order valence-electron chi connectivity index (χ2n) is 4.68. The lowest BCUT2D eigenvalue weighted by Gasteiger charge is -2.31. The average Bonchev–Trinajstić information content (AvgIpc) is 2.47. The van der Waals surface area contributed by atoms with E-state index < -0.39 is 20.7 Å². The van der Waals surface area contributed by atoms with Crippen molar-refractivity contribution >= 4 is 22.1 Å². The van der Waals surface area contributed by atoms with Gasteiger partial charge in [-0.2, -0.15) is 4.31 Å². The van der Waals surface area contributed by atoms with Gasteiger partial charge in [-0.3, -0.25) is 14.9 Å². The summed E-state index contributed by atoms with van der Waals surface area (Å²) >= 11 is 0. The molecule has 21 heavy (non-hydrogen) atoms. The number of para-hydroxylation sites is 1. The van der Waals surface area contributed by atoms with E-state index in [1.54, 1.807) is 6.07 Å². The van der Waals surface area contributed by atoms with Crippen LogP contribution in [0.2, 0.25) is 0 Å². The van der Waals surface area contributed by atoms with Gasteiger partial charge in [0.05, 0.1) is 10.7 Å². The second-order valence-corrected chi connectivity index (χ2v) is 6.65. The van der Waals surface area contributed by atoms with E-state index in [1.807, 2.05) is 0 Å². The van der Waals surface area contributed by atoms with E-state index in [9.17, 15) is 23.3 Å². The number of nitro benzene ring substituents is 1. The highest BCUT2D eigenvalue weighted by Crippen LogP contribution is 2.22. The number of carbonyl (C=O) groups is 1. The first-order chi connectivity index (χ1) is 9.94. The summed E-state index contributed by atoms with van der Waals surface area (Å²) in [5, 5.41) is 10.9. The van der Waals surface area contributed by atoms with Crippen molar-refractivity contribution in [1.82, 2.24) is 9.21 Å². The fraction of sp³-hybridized carbons (Fsp3) is 0.417. The topological polar surface area (TPSA) is 101 Å². The Morgan fingerprint density at radius 2 is 1.81 bits per heavy atom. The Bertz CT molecular complexity index is 638. The lowest BCUT2D eigenvalue weighted by atomic mass is 10.2. The molecule has 1 aromatic rings. The van der Waals surface area contributed by atoms with E-state index in [1.165, 1.54) is 27.4 Å². The van der Waals surface area contributed by atoms with Crippen molar-refractivity contribution in [3.8, 4) is 0 Å². The quantitative estimate of drug-likeness (QED) is 0.439. The van der Waals surface area contributed by atoms with Crippen LogP contribution >= 0.6 is 0 Å². The van der Waals surface area contributed by atoms with Crippen LogP contribution in [0.1, 0.15) is 5.56 Å². The number of amides is 1. The summed E-state index contributed by atoms with van der Waals surface area (Å²) in [7, 11) is -3.64. The van der Waals surface area contributed by atoms with Crippen LogP contribution in [0, 0.1) is 10.1 Å². The number of benzene rings is 1. The first kappa shape index (κ1) is 15.4. The van der Waals surface area contributed by atoms with E-state index >= 15 is 0 Å². The van der Waals surface area contributed by atoms with Gasteiger partial charge >= 0.3 is 0 Å². The molecule has 8 nitrogen and oxygen atoms in total. The highest BCUT2D eigenvalue weighted by molar-refractivity contribution is 7.88. The van der Waals surface area contributed by atoms with Crippen molar-refractivity contribution in [3.63, 3.8) is 0 Å². The number of hydrogen-bond donors (Lipinski definition) is 0. The van der Waals surface area contributed by atoms with E-state index in [2.05, 4.69) is 0 Å². The third-order valence-corrected chi connectivity index (χ3v) is 5.17. The number of piperazine rings is 1. The number of rotatable bonds is 5. The van der Waals surface area contributed by atoms with Crippen LogP contribution in [-0.2, 0) is 20.6 Å². The minimum Gasteiger partial charge on any atom is -0.343 e. The molecule has 0 atom stereocenters. The maximum atomic E-state index is 12.3. The Hall–Kier alpha value is -2.00. The Kier molecular flexibility index (Phi) is 4.53. The summed E-state index contributed by atoms with van der Waals surface area (Å²) in [6.45, 7) is 1.09. The van der Waals surface area contributed by atoms with Crippen LogP contribution in [0.3, 0.4) is 0 Å². The van der Waals surface area contributed by atoms with Gasteiger partial charge in [0.25, 0.3) is 5.69 Å². The van der Waals surface area contributed by atoms with E-state index in [-0.39, 0.29) is 24.3 Å². The SMILES string of the molecule is O=CN1CCN(S(=O)(=O)Cc2ccccc2[N+](=O)[O-])CC1. The summed E-state index contributed by atoms with van der Waals surface area (Å²) in [4.78, 5) is 22.4. The summed E-state index contributed by atoms with van der Waals surface area (Å²) in [5.41, 5.74) is -0.0343. The van der Waals surface area contributed by atoms with E-state index in [0.29, 0.717) is 19.5 Å².